The number of hydrogen-bond acceptors (Lipinski definition) is 8. The van der Waals surface area contributed by atoms with E-state index in [9.17, 15) is 0 Å². The highest BCUT2D eigenvalue weighted by molar-refractivity contribution is 5.85. The lowest BCUT2D eigenvalue weighted by Gasteiger charge is -2.18. The molecule has 0 fully saturated rings. The first-order valence-electron chi connectivity index (χ1n) is 10.5. The van der Waals surface area contributed by atoms with Crippen LogP contribution in [-0.2, 0) is 6.61 Å². The average molecular weight is 441 g/mol. The van der Waals surface area contributed by atoms with E-state index in [0.717, 1.165) is 33.7 Å². The molecule has 0 amide bonds. The molecule has 3 aromatic heterocycles. The Balaban J connectivity index is 1.30. The van der Waals surface area contributed by atoms with E-state index in [4.69, 9.17) is 24.0 Å². The van der Waals surface area contributed by atoms with Crippen LogP contribution in [-0.4, -0.2) is 45.1 Å². The summed E-state index contributed by atoms with van der Waals surface area (Å²) in [4.78, 5) is 4.40. The van der Waals surface area contributed by atoms with Crippen LogP contribution in [0.5, 0.6) is 23.0 Å². The van der Waals surface area contributed by atoms with Crippen LogP contribution in [0.15, 0.2) is 60.8 Å². The maximum absolute atomic E-state index is 6.08. The van der Waals surface area contributed by atoms with E-state index >= 15 is 0 Å². The van der Waals surface area contributed by atoms with Crippen molar-refractivity contribution in [2.75, 3.05) is 20.3 Å². The Morgan fingerprint density at radius 2 is 1.85 bits per heavy atom. The van der Waals surface area contributed by atoms with Crippen molar-refractivity contribution in [2.45, 2.75) is 6.61 Å². The minimum atomic E-state index is 0.198. The third-order valence-electron chi connectivity index (χ3n) is 5.43. The van der Waals surface area contributed by atoms with Crippen LogP contribution in [0.2, 0.25) is 0 Å². The highest BCUT2D eigenvalue weighted by Crippen LogP contribution is 2.34. The predicted molar refractivity (Wildman–Crippen MR) is 120 cm³/mol. The van der Waals surface area contributed by atoms with Gasteiger partial charge in [0.15, 0.2) is 23.0 Å². The molecule has 0 unspecified atom stereocenters. The minimum Gasteiger partial charge on any atom is -0.497 e. The largest absolute Gasteiger partial charge is 0.497 e. The summed E-state index contributed by atoms with van der Waals surface area (Å²) >= 11 is 0. The maximum Gasteiger partial charge on any atom is 0.192 e. The van der Waals surface area contributed by atoms with Gasteiger partial charge in [-0.05, 0) is 48.5 Å². The van der Waals surface area contributed by atoms with Gasteiger partial charge in [0.05, 0.1) is 18.3 Å². The molecule has 0 bridgehead atoms. The average Bonchev–Trinajstić information content (AvgIpc) is 3.29. The first-order valence-corrected chi connectivity index (χ1v) is 10.5. The standard InChI is InChI=1S/C24H19N5O4/c1-30-16-3-4-17-19(13-16)25-9-8-20(17)33-14-24-27-26-23-7-5-18(28-29(23)24)15-2-6-21-22(12-15)32-11-10-31-21/h2-9,12-13H,10-11,14H2,1H3. The lowest BCUT2D eigenvalue weighted by atomic mass is 10.1. The second kappa shape index (κ2) is 7.94. The fourth-order valence-corrected chi connectivity index (χ4v) is 3.78. The van der Waals surface area contributed by atoms with Gasteiger partial charge in [0.25, 0.3) is 0 Å². The molecule has 164 valence electrons. The molecule has 2 aromatic carbocycles. The van der Waals surface area contributed by atoms with Gasteiger partial charge < -0.3 is 18.9 Å². The number of hydrogen-bond donors (Lipinski definition) is 0. The lowest BCUT2D eigenvalue weighted by molar-refractivity contribution is 0.171. The minimum absolute atomic E-state index is 0.198. The fraction of sp³-hybridized carbons (Fsp3) is 0.167. The van der Waals surface area contributed by atoms with Crippen molar-refractivity contribution >= 4 is 16.6 Å². The Morgan fingerprint density at radius 1 is 0.939 bits per heavy atom. The molecular weight excluding hydrogens is 422 g/mol. The van der Waals surface area contributed by atoms with Gasteiger partial charge in [-0.1, -0.05) is 0 Å². The van der Waals surface area contributed by atoms with Gasteiger partial charge in [0.2, 0.25) is 0 Å². The number of benzene rings is 2. The maximum atomic E-state index is 6.08. The molecule has 6 rings (SSSR count). The first kappa shape index (κ1) is 19.3. The number of fused-ring (bicyclic) bond motifs is 3. The monoisotopic (exact) mass is 441 g/mol. The third-order valence-corrected chi connectivity index (χ3v) is 5.43. The molecule has 5 aromatic rings. The van der Waals surface area contributed by atoms with Crippen LogP contribution < -0.4 is 18.9 Å². The van der Waals surface area contributed by atoms with Gasteiger partial charge >= 0.3 is 0 Å². The number of aromatic nitrogens is 5. The SMILES string of the molecule is COc1ccc2c(OCc3nnc4ccc(-c5ccc6c(c5)OCCO6)nn34)ccnc2c1. The van der Waals surface area contributed by atoms with E-state index in [1.807, 2.05) is 54.6 Å². The zero-order valence-corrected chi connectivity index (χ0v) is 17.8. The first-order chi connectivity index (χ1) is 16.3. The van der Waals surface area contributed by atoms with Gasteiger partial charge in [-0.2, -0.15) is 9.61 Å². The van der Waals surface area contributed by atoms with Crippen molar-refractivity contribution in [1.29, 1.82) is 0 Å². The van der Waals surface area contributed by atoms with Crippen LogP contribution in [0.3, 0.4) is 0 Å². The molecule has 9 heteroatoms. The van der Waals surface area contributed by atoms with Crippen LogP contribution in [0.1, 0.15) is 5.82 Å². The molecule has 1 aliphatic rings. The Hall–Kier alpha value is -4.40. The summed E-state index contributed by atoms with van der Waals surface area (Å²) in [6.07, 6.45) is 1.71. The Labute approximate surface area is 188 Å². The van der Waals surface area contributed by atoms with Gasteiger partial charge in [-0.3, -0.25) is 4.98 Å². The number of ether oxygens (including phenoxy) is 4. The Kier molecular flexibility index (Phi) is 4.64. The molecule has 9 nitrogen and oxygen atoms in total. The molecule has 0 saturated heterocycles. The van der Waals surface area contributed by atoms with E-state index in [1.54, 1.807) is 17.8 Å². The highest BCUT2D eigenvalue weighted by Gasteiger charge is 2.15. The third kappa shape index (κ3) is 3.53. The predicted octanol–water partition coefficient (Wildman–Crippen LogP) is 3.70. The molecule has 1 aliphatic heterocycles. The second-order valence-corrected chi connectivity index (χ2v) is 7.44. The number of methoxy groups -OCH3 is 1. The van der Waals surface area contributed by atoms with E-state index in [-0.39, 0.29) is 6.61 Å². The summed E-state index contributed by atoms with van der Waals surface area (Å²) in [5.74, 6) is 3.48. The summed E-state index contributed by atoms with van der Waals surface area (Å²) in [5.41, 5.74) is 3.11. The van der Waals surface area contributed by atoms with E-state index < -0.39 is 0 Å². The number of rotatable bonds is 5. The Bertz CT molecular complexity index is 1480. The van der Waals surface area contributed by atoms with Crippen LogP contribution >= 0.6 is 0 Å². The zero-order chi connectivity index (χ0) is 22.2. The van der Waals surface area contributed by atoms with Crippen LogP contribution in [0.4, 0.5) is 0 Å². The molecule has 33 heavy (non-hydrogen) atoms. The van der Waals surface area contributed by atoms with Crippen LogP contribution in [0, 0.1) is 0 Å². The van der Waals surface area contributed by atoms with Crippen molar-refractivity contribution < 1.29 is 18.9 Å². The molecule has 0 atom stereocenters. The summed E-state index contributed by atoms with van der Waals surface area (Å²) in [6.45, 7) is 1.29. The van der Waals surface area contributed by atoms with Gasteiger partial charge in [-0.15, -0.1) is 10.2 Å². The normalized spacial score (nSPS) is 12.8. The van der Waals surface area contributed by atoms with Crippen molar-refractivity contribution in [2.24, 2.45) is 0 Å². The summed E-state index contributed by atoms with van der Waals surface area (Å²) in [7, 11) is 1.63. The zero-order valence-electron chi connectivity index (χ0n) is 17.8. The number of pyridine rings is 1. The smallest absolute Gasteiger partial charge is 0.192 e. The molecule has 4 heterocycles. The van der Waals surface area contributed by atoms with Crippen molar-refractivity contribution in [1.82, 2.24) is 24.8 Å². The lowest BCUT2D eigenvalue weighted by Crippen LogP contribution is -2.15. The molecule has 0 saturated carbocycles. The van der Waals surface area contributed by atoms with Gasteiger partial charge in [-0.25, -0.2) is 0 Å². The molecular formula is C24H19N5O4. The molecule has 0 aliphatic carbocycles. The highest BCUT2D eigenvalue weighted by atomic mass is 16.6. The van der Waals surface area contributed by atoms with Gasteiger partial charge in [0, 0.05) is 23.2 Å². The Morgan fingerprint density at radius 3 is 2.76 bits per heavy atom. The van der Waals surface area contributed by atoms with Crippen molar-refractivity contribution in [3.05, 3.63) is 66.6 Å². The second-order valence-electron chi connectivity index (χ2n) is 7.44. The molecule has 0 radical (unpaired) electrons. The van der Waals surface area contributed by atoms with E-state index in [0.29, 0.717) is 36.2 Å². The quantitative estimate of drug-likeness (QED) is 0.408. The van der Waals surface area contributed by atoms with Gasteiger partial charge in [0.1, 0.15) is 31.3 Å². The fourth-order valence-electron chi connectivity index (χ4n) is 3.78. The summed E-state index contributed by atoms with van der Waals surface area (Å²) in [5, 5.41) is 14.1. The topological polar surface area (TPSA) is 92.9 Å². The van der Waals surface area contributed by atoms with E-state index in [2.05, 4.69) is 15.2 Å². The molecule has 0 N–H and O–H groups in total. The summed E-state index contributed by atoms with van der Waals surface area (Å²) < 4.78 is 24.4. The van der Waals surface area contributed by atoms with Crippen molar-refractivity contribution in [3.8, 4) is 34.3 Å². The molecule has 0 spiro atoms. The number of nitrogens with zero attached hydrogens (tertiary/aromatic N) is 5. The van der Waals surface area contributed by atoms with Crippen LogP contribution in [0.25, 0.3) is 27.8 Å². The van der Waals surface area contributed by atoms with E-state index in [1.165, 1.54) is 0 Å². The van der Waals surface area contributed by atoms with Crippen molar-refractivity contribution in [3.63, 3.8) is 0 Å². The summed E-state index contributed by atoms with van der Waals surface area (Å²) in [6, 6.07) is 17.1.